The number of hydrogen-bond donors (Lipinski definition) is 2. The third-order valence-corrected chi connectivity index (χ3v) is 6.27. The SMILES string of the molecule is CN=C(NCCCc1nnc(SC)n1C1CCCC1)NCC1(C)CCCO1.I. The van der Waals surface area contributed by atoms with Crippen LogP contribution in [0.2, 0.25) is 0 Å². The molecular formula is C19H35IN6OS. The summed E-state index contributed by atoms with van der Waals surface area (Å²) >= 11 is 1.70. The molecule has 7 nitrogen and oxygen atoms in total. The first-order chi connectivity index (χ1) is 13.1. The Morgan fingerprint density at radius 1 is 1.29 bits per heavy atom. The van der Waals surface area contributed by atoms with Crippen LogP contribution in [-0.4, -0.2) is 59.3 Å². The first-order valence-corrected chi connectivity index (χ1v) is 11.4. The number of hydrogen-bond acceptors (Lipinski definition) is 5. The van der Waals surface area contributed by atoms with Crippen molar-refractivity contribution < 1.29 is 4.74 Å². The molecule has 0 spiro atoms. The quantitative estimate of drug-likeness (QED) is 0.179. The minimum atomic E-state index is -0.0659. The van der Waals surface area contributed by atoms with Gasteiger partial charge in [-0.1, -0.05) is 24.6 Å². The van der Waals surface area contributed by atoms with Gasteiger partial charge in [0.25, 0.3) is 0 Å². The second-order valence-electron chi connectivity index (χ2n) is 7.77. The predicted octanol–water partition coefficient (Wildman–Crippen LogP) is 3.40. The van der Waals surface area contributed by atoms with Gasteiger partial charge in [0.05, 0.1) is 5.60 Å². The highest BCUT2D eigenvalue weighted by atomic mass is 127. The number of guanidine groups is 1. The molecule has 2 aliphatic rings. The van der Waals surface area contributed by atoms with Gasteiger partial charge in [0.1, 0.15) is 5.82 Å². The fourth-order valence-electron chi connectivity index (χ4n) is 4.07. The summed E-state index contributed by atoms with van der Waals surface area (Å²) in [6.45, 7) is 4.69. The van der Waals surface area contributed by atoms with E-state index in [4.69, 9.17) is 4.74 Å². The van der Waals surface area contributed by atoms with Gasteiger partial charge >= 0.3 is 0 Å². The number of nitrogens with zero attached hydrogens (tertiary/aromatic N) is 4. The van der Waals surface area contributed by atoms with Crippen molar-refractivity contribution in [2.45, 2.75) is 75.1 Å². The van der Waals surface area contributed by atoms with Crippen molar-refractivity contribution in [1.29, 1.82) is 0 Å². The molecule has 1 saturated heterocycles. The average Bonchev–Trinajstić information content (AvgIpc) is 3.41. The fourth-order valence-corrected chi connectivity index (χ4v) is 4.64. The summed E-state index contributed by atoms with van der Waals surface area (Å²) < 4.78 is 8.22. The number of aryl methyl sites for hydroxylation is 1. The molecule has 1 aromatic heterocycles. The van der Waals surface area contributed by atoms with E-state index in [9.17, 15) is 0 Å². The average molecular weight is 523 g/mol. The van der Waals surface area contributed by atoms with Gasteiger partial charge in [-0.25, -0.2) is 0 Å². The minimum Gasteiger partial charge on any atom is -0.373 e. The van der Waals surface area contributed by atoms with Crippen LogP contribution in [0.15, 0.2) is 10.1 Å². The van der Waals surface area contributed by atoms with E-state index >= 15 is 0 Å². The molecule has 0 bridgehead atoms. The molecule has 1 atom stereocenters. The molecule has 2 heterocycles. The number of ether oxygens (including phenoxy) is 1. The van der Waals surface area contributed by atoms with E-state index < -0.39 is 0 Å². The lowest BCUT2D eigenvalue weighted by Crippen LogP contribution is -2.45. The summed E-state index contributed by atoms with van der Waals surface area (Å²) in [5, 5.41) is 16.7. The number of nitrogens with one attached hydrogen (secondary N) is 2. The minimum absolute atomic E-state index is 0. The zero-order valence-corrected chi connectivity index (χ0v) is 20.5. The van der Waals surface area contributed by atoms with E-state index in [1.807, 2.05) is 7.05 Å². The van der Waals surface area contributed by atoms with Crippen LogP contribution < -0.4 is 10.6 Å². The zero-order chi connectivity index (χ0) is 19.1. The maximum absolute atomic E-state index is 5.83. The maximum Gasteiger partial charge on any atom is 0.191 e. The Hall–Kier alpha value is -0.550. The zero-order valence-electron chi connectivity index (χ0n) is 17.4. The van der Waals surface area contributed by atoms with E-state index in [1.54, 1.807) is 11.8 Å². The third kappa shape index (κ3) is 6.22. The Morgan fingerprint density at radius 2 is 2.07 bits per heavy atom. The van der Waals surface area contributed by atoms with E-state index in [2.05, 4.69) is 43.6 Å². The van der Waals surface area contributed by atoms with E-state index in [1.165, 1.54) is 25.7 Å². The Balaban J connectivity index is 0.00000280. The van der Waals surface area contributed by atoms with E-state index in [0.29, 0.717) is 6.04 Å². The molecule has 160 valence electrons. The summed E-state index contributed by atoms with van der Waals surface area (Å²) in [4.78, 5) is 4.32. The normalized spacial score (nSPS) is 23.0. The van der Waals surface area contributed by atoms with Crippen molar-refractivity contribution in [3.8, 4) is 0 Å². The summed E-state index contributed by atoms with van der Waals surface area (Å²) in [6.07, 6.45) is 11.4. The summed E-state index contributed by atoms with van der Waals surface area (Å²) in [7, 11) is 1.81. The van der Waals surface area contributed by atoms with E-state index in [0.717, 1.165) is 62.3 Å². The molecule has 2 N–H and O–H groups in total. The summed E-state index contributed by atoms with van der Waals surface area (Å²) in [5.74, 6) is 1.97. The molecular weight excluding hydrogens is 487 g/mol. The van der Waals surface area contributed by atoms with Crippen molar-refractivity contribution in [2.24, 2.45) is 4.99 Å². The van der Waals surface area contributed by atoms with Crippen LogP contribution >= 0.6 is 35.7 Å². The van der Waals surface area contributed by atoms with Gasteiger partial charge in [-0.2, -0.15) is 0 Å². The van der Waals surface area contributed by atoms with E-state index in [-0.39, 0.29) is 29.6 Å². The van der Waals surface area contributed by atoms with Gasteiger partial charge in [0, 0.05) is 39.2 Å². The number of aromatic nitrogens is 3. The third-order valence-electron chi connectivity index (χ3n) is 5.63. The fraction of sp³-hybridized carbons (Fsp3) is 0.842. The maximum atomic E-state index is 5.83. The number of thioether (sulfide) groups is 1. The lowest BCUT2D eigenvalue weighted by atomic mass is 10.0. The van der Waals surface area contributed by atoms with Crippen molar-refractivity contribution in [1.82, 2.24) is 25.4 Å². The molecule has 28 heavy (non-hydrogen) atoms. The van der Waals surface area contributed by atoms with Gasteiger partial charge in [-0.15, -0.1) is 34.2 Å². The van der Waals surface area contributed by atoms with Crippen LogP contribution in [0.4, 0.5) is 0 Å². The van der Waals surface area contributed by atoms with Gasteiger partial charge in [0.2, 0.25) is 0 Å². The van der Waals surface area contributed by atoms with Crippen molar-refractivity contribution in [3.63, 3.8) is 0 Å². The number of rotatable bonds is 8. The van der Waals surface area contributed by atoms with Gasteiger partial charge in [-0.05, 0) is 45.3 Å². The lowest BCUT2D eigenvalue weighted by Gasteiger charge is -2.24. The monoisotopic (exact) mass is 522 g/mol. The Kier molecular flexibility index (Phi) is 9.82. The Bertz CT molecular complexity index is 626. The van der Waals surface area contributed by atoms with Crippen LogP contribution in [0.1, 0.15) is 63.7 Å². The molecule has 0 radical (unpaired) electrons. The van der Waals surface area contributed by atoms with Crippen LogP contribution in [0, 0.1) is 0 Å². The second kappa shape index (κ2) is 11.6. The molecule has 9 heteroatoms. The summed E-state index contributed by atoms with van der Waals surface area (Å²) in [6, 6.07) is 0.590. The first kappa shape index (κ1) is 23.7. The van der Waals surface area contributed by atoms with Gasteiger partial charge in [0.15, 0.2) is 11.1 Å². The highest BCUT2D eigenvalue weighted by Gasteiger charge is 2.29. The highest BCUT2D eigenvalue weighted by molar-refractivity contribution is 14.0. The summed E-state index contributed by atoms with van der Waals surface area (Å²) in [5.41, 5.74) is -0.0659. The molecule has 1 aromatic rings. The van der Waals surface area contributed by atoms with Crippen LogP contribution in [-0.2, 0) is 11.2 Å². The van der Waals surface area contributed by atoms with Crippen molar-refractivity contribution in [2.75, 3.05) is 33.0 Å². The molecule has 1 aliphatic carbocycles. The molecule has 1 saturated carbocycles. The topological polar surface area (TPSA) is 76.4 Å². The van der Waals surface area contributed by atoms with Gasteiger partial charge < -0.3 is 19.9 Å². The van der Waals surface area contributed by atoms with Crippen molar-refractivity contribution >= 4 is 41.7 Å². The predicted molar refractivity (Wildman–Crippen MR) is 126 cm³/mol. The second-order valence-corrected chi connectivity index (χ2v) is 8.54. The number of halogens is 1. The van der Waals surface area contributed by atoms with Gasteiger partial charge in [-0.3, -0.25) is 4.99 Å². The first-order valence-electron chi connectivity index (χ1n) is 10.2. The van der Waals surface area contributed by atoms with Crippen LogP contribution in [0.5, 0.6) is 0 Å². The largest absolute Gasteiger partial charge is 0.373 e. The smallest absolute Gasteiger partial charge is 0.191 e. The molecule has 1 unspecified atom stereocenters. The molecule has 0 aromatic carbocycles. The molecule has 0 amide bonds. The number of aliphatic imine (C=N–C) groups is 1. The van der Waals surface area contributed by atoms with Crippen molar-refractivity contribution in [3.05, 3.63) is 5.82 Å². The molecule has 2 fully saturated rings. The van der Waals surface area contributed by atoms with Crippen LogP contribution in [0.3, 0.4) is 0 Å². The Morgan fingerprint density at radius 3 is 2.71 bits per heavy atom. The molecule has 1 aliphatic heterocycles. The Labute approximate surface area is 190 Å². The van der Waals surface area contributed by atoms with Crippen LogP contribution in [0.25, 0.3) is 0 Å². The molecule has 3 rings (SSSR count). The standard InChI is InChI=1S/C19H34N6OS.HI/c1-19(11-7-13-26-19)14-22-17(20-2)21-12-6-10-16-23-24-18(27-3)25(16)15-8-4-5-9-15;/h15H,4-14H2,1-3H3,(H2,20,21,22);1H. The lowest BCUT2D eigenvalue weighted by molar-refractivity contribution is 0.0243. The highest BCUT2D eigenvalue weighted by Crippen LogP contribution is 2.33.